The molecule has 1 aromatic carbocycles. The number of benzene rings is 1. The molecule has 0 saturated carbocycles. The number of carbonyl (C=O) groups excluding carboxylic acids is 2. The minimum atomic E-state index is -1.36. The number of hydrogen-bond acceptors (Lipinski definition) is 4. The predicted molar refractivity (Wildman–Crippen MR) is 72.4 cm³/mol. The number of aliphatic carboxylic acids is 1. The lowest BCUT2D eigenvalue weighted by atomic mass is 10.2. The van der Waals surface area contributed by atoms with Gasteiger partial charge >= 0.3 is 0 Å². The number of nitrogens with one attached hydrogen (secondary N) is 1. The van der Waals surface area contributed by atoms with Gasteiger partial charge in [-0.3, -0.25) is 4.79 Å². The van der Waals surface area contributed by atoms with E-state index in [0.29, 0.717) is 15.7 Å². The van der Waals surface area contributed by atoms with Crippen molar-refractivity contribution in [3.63, 3.8) is 0 Å². The smallest absolute Gasteiger partial charge is 0.230 e. The molecule has 20 heavy (non-hydrogen) atoms. The number of nitrogens with two attached hydrogens (primary N) is 1. The molecule has 1 aromatic rings. The van der Waals surface area contributed by atoms with Gasteiger partial charge in [-0.2, -0.15) is 0 Å². The molecule has 110 valence electrons. The van der Waals surface area contributed by atoms with E-state index < -0.39 is 17.9 Å². The summed E-state index contributed by atoms with van der Waals surface area (Å²) >= 11 is 11.6. The fourth-order valence-corrected chi connectivity index (χ4v) is 2.10. The summed E-state index contributed by atoms with van der Waals surface area (Å²) in [6, 6.07) is 3.45. The number of carboxylic acids is 1. The van der Waals surface area contributed by atoms with Gasteiger partial charge in [0.15, 0.2) is 0 Å². The van der Waals surface area contributed by atoms with E-state index in [1.807, 2.05) is 0 Å². The average Bonchev–Trinajstić information content (AvgIpc) is 2.32. The Balaban J connectivity index is 2.63. The molecule has 1 atom stereocenters. The Morgan fingerprint density at radius 2 is 1.90 bits per heavy atom. The summed E-state index contributed by atoms with van der Waals surface area (Å²) < 4.78 is 0. The maximum Gasteiger partial charge on any atom is 0.230 e. The summed E-state index contributed by atoms with van der Waals surface area (Å²) in [6.45, 7) is -0.00970. The number of quaternary nitrogens is 1. The molecule has 1 rings (SSSR count). The first-order valence-corrected chi connectivity index (χ1v) is 6.59. The van der Waals surface area contributed by atoms with Gasteiger partial charge in [0, 0.05) is 15.7 Å². The van der Waals surface area contributed by atoms with Gasteiger partial charge in [0.25, 0.3) is 0 Å². The molecule has 6 nitrogen and oxygen atoms in total. The third-order valence-corrected chi connectivity index (χ3v) is 2.87. The van der Waals surface area contributed by atoms with Crippen LogP contribution in [-0.4, -0.2) is 36.2 Å². The highest BCUT2D eigenvalue weighted by Gasteiger charge is 2.18. The van der Waals surface area contributed by atoms with Gasteiger partial charge in [0.2, 0.25) is 5.91 Å². The molecule has 0 aliphatic heterocycles. The van der Waals surface area contributed by atoms with Crippen LogP contribution in [0.4, 0.5) is 5.69 Å². The van der Waals surface area contributed by atoms with Gasteiger partial charge in [-0.1, -0.05) is 23.2 Å². The van der Waals surface area contributed by atoms with Crippen molar-refractivity contribution in [2.24, 2.45) is 0 Å². The zero-order chi connectivity index (χ0) is 15.1. The number of carboxylic acid groups (broad SMARTS) is 1. The van der Waals surface area contributed by atoms with E-state index in [9.17, 15) is 14.7 Å². The molecular weight excluding hydrogens is 307 g/mol. The molecule has 8 heteroatoms. The third-order valence-electron chi connectivity index (χ3n) is 2.43. The quantitative estimate of drug-likeness (QED) is 0.599. The summed E-state index contributed by atoms with van der Waals surface area (Å²) in [6.07, 6.45) is -0.285. The van der Waals surface area contributed by atoms with Gasteiger partial charge in [0.05, 0.1) is 25.5 Å². The number of rotatable bonds is 7. The maximum atomic E-state index is 11.7. The van der Waals surface area contributed by atoms with E-state index in [2.05, 4.69) is 5.32 Å². The van der Waals surface area contributed by atoms with Crippen LogP contribution in [0.5, 0.6) is 0 Å². The SMILES string of the molecule is O=C(C[C@@H]([NH2+]CCO)C(=O)[O-])Nc1cc(Cl)cc(Cl)c1. The second-order valence-corrected chi connectivity index (χ2v) is 4.96. The molecule has 0 bridgehead atoms. The minimum absolute atomic E-state index is 0.176. The largest absolute Gasteiger partial charge is 0.544 e. The molecule has 0 saturated heterocycles. The van der Waals surface area contributed by atoms with Crippen molar-refractivity contribution in [3.8, 4) is 0 Å². The Labute approximate surface area is 125 Å². The molecule has 0 radical (unpaired) electrons. The molecule has 4 N–H and O–H groups in total. The standard InChI is InChI=1S/C12H14Cl2N2O4/c13-7-3-8(14)5-9(4-7)16-11(18)6-10(12(19)20)15-1-2-17/h3-5,10,15,17H,1-2,6H2,(H,16,18)(H,19,20)/t10-/m1/s1. The van der Waals surface area contributed by atoms with Crippen LogP contribution in [0.1, 0.15) is 6.42 Å². The summed E-state index contributed by atoms with van der Waals surface area (Å²) in [4.78, 5) is 22.6. The van der Waals surface area contributed by atoms with Crippen molar-refractivity contribution in [1.29, 1.82) is 0 Å². The van der Waals surface area contributed by atoms with Crippen LogP contribution in [0.3, 0.4) is 0 Å². The lowest BCUT2D eigenvalue weighted by Crippen LogP contribution is -2.94. The molecular formula is C12H14Cl2N2O4. The van der Waals surface area contributed by atoms with Crippen LogP contribution in [0.25, 0.3) is 0 Å². The van der Waals surface area contributed by atoms with E-state index in [1.165, 1.54) is 23.5 Å². The van der Waals surface area contributed by atoms with E-state index >= 15 is 0 Å². The van der Waals surface area contributed by atoms with Gasteiger partial charge in [-0.05, 0) is 18.2 Å². The Hall–Kier alpha value is -1.34. The highest BCUT2D eigenvalue weighted by Crippen LogP contribution is 2.22. The summed E-state index contributed by atoms with van der Waals surface area (Å²) in [7, 11) is 0. The van der Waals surface area contributed by atoms with Crippen LogP contribution in [0.15, 0.2) is 18.2 Å². The normalized spacial score (nSPS) is 11.9. The van der Waals surface area contributed by atoms with Crippen molar-refractivity contribution in [2.75, 3.05) is 18.5 Å². The molecule has 0 aromatic heterocycles. The first kappa shape index (κ1) is 16.7. The highest BCUT2D eigenvalue weighted by molar-refractivity contribution is 6.35. The van der Waals surface area contributed by atoms with Gasteiger partial charge in [-0.25, -0.2) is 0 Å². The van der Waals surface area contributed by atoms with Crippen molar-refractivity contribution in [1.82, 2.24) is 0 Å². The Morgan fingerprint density at radius 3 is 2.40 bits per heavy atom. The maximum absolute atomic E-state index is 11.7. The fraction of sp³-hybridized carbons (Fsp3) is 0.333. The molecule has 0 aliphatic rings. The summed E-state index contributed by atoms with van der Waals surface area (Å²) in [5, 5.41) is 24.1. The monoisotopic (exact) mass is 320 g/mol. The fourth-order valence-electron chi connectivity index (χ4n) is 1.58. The Kier molecular flexibility index (Phi) is 6.74. The van der Waals surface area contributed by atoms with Crippen LogP contribution in [-0.2, 0) is 9.59 Å². The topological polar surface area (TPSA) is 106 Å². The van der Waals surface area contributed by atoms with Gasteiger partial charge < -0.3 is 25.6 Å². The Bertz CT molecular complexity index is 476. The number of carbonyl (C=O) groups is 2. The van der Waals surface area contributed by atoms with Crippen LogP contribution in [0.2, 0.25) is 10.0 Å². The molecule has 0 spiro atoms. The van der Waals surface area contributed by atoms with Crippen LogP contribution in [0, 0.1) is 0 Å². The predicted octanol–water partition coefficient (Wildman–Crippen LogP) is -1.00. The average molecular weight is 321 g/mol. The van der Waals surface area contributed by atoms with Crippen LogP contribution < -0.4 is 15.7 Å². The van der Waals surface area contributed by atoms with Crippen molar-refractivity contribution >= 4 is 40.8 Å². The van der Waals surface area contributed by atoms with Crippen molar-refractivity contribution in [2.45, 2.75) is 12.5 Å². The first-order chi connectivity index (χ1) is 9.42. The zero-order valence-electron chi connectivity index (χ0n) is 10.4. The van der Waals surface area contributed by atoms with Gasteiger partial charge in [-0.15, -0.1) is 0 Å². The van der Waals surface area contributed by atoms with Crippen LogP contribution >= 0.6 is 23.2 Å². The zero-order valence-corrected chi connectivity index (χ0v) is 11.9. The van der Waals surface area contributed by atoms with Crippen molar-refractivity contribution < 1.29 is 25.1 Å². The van der Waals surface area contributed by atoms with E-state index in [4.69, 9.17) is 28.3 Å². The molecule has 0 fully saturated rings. The second kappa shape index (κ2) is 8.06. The molecule has 0 heterocycles. The lowest BCUT2D eigenvalue weighted by molar-refractivity contribution is -0.683. The third kappa shape index (κ3) is 5.75. The molecule has 1 amide bonds. The number of amides is 1. The first-order valence-electron chi connectivity index (χ1n) is 5.83. The number of anilines is 1. The van der Waals surface area contributed by atoms with E-state index in [1.54, 1.807) is 0 Å². The second-order valence-electron chi connectivity index (χ2n) is 4.08. The molecule has 0 unspecified atom stereocenters. The number of hydrogen-bond donors (Lipinski definition) is 3. The van der Waals surface area contributed by atoms with E-state index in [-0.39, 0.29) is 19.6 Å². The summed E-state index contributed by atoms with van der Waals surface area (Å²) in [5.41, 5.74) is 0.381. The number of aliphatic hydroxyl groups excluding tert-OH is 1. The number of aliphatic hydroxyl groups is 1. The number of halogens is 2. The van der Waals surface area contributed by atoms with Crippen molar-refractivity contribution in [3.05, 3.63) is 28.2 Å². The molecule has 0 aliphatic carbocycles. The minimum Gasteiger partial charge on any atom is -0.544 e. The van der Waals surface area contributed by atoms with E-state index in [0.717, 1.165) is 0 Å². The lowest BCUT2D eigenvalue weighted by Gasteiger charge is -2.15. The summed E-state index contributed by atoms with van der Waals surface area (Å²) in [5.74, 6) is -1.87. The highest BCUT2D eigenvalue weighted by atomic mass is 35.5. The Morgan fingerprint density at radius 1 is 1.30 bits per heavy atom. The van der Waals surface area contributed by atoms with Gasteiger partial charge in [0.1, 0.15) is 6.04 Å².